The van der Waals surface area contributed by atoms with E-state index in [2.05, 4.69) is 43.6 Å². The number of thiophene rings is 1. The zero-order valence-electron chi connectivity index (χ0n) is 17.3. The first-order chi connectivity index (χ1) is 13.8. The summed E-state index contributed by atoms with van der Waals surface area (Å²) in [5.74, 6) is 0.663. The number of benzene rings is 1. The van der Waals surface area contributed by atoms with Crippen molar-refractivity contribution >= 4 is 21.4 Å². The van der Waals surface area contributed by atoms with Gasteiger partial charge in [-0.3, -0.25) is 0 Å². The average Bonchev–Trinajstić information content (AvgIpc) is 3.22. The van der Waals surface area contributed by atoms with Crippen molar-refractivity contribution < 1.29 is 17.9 Å². The molecule has 0 spiro atoms. The molecule has 8 heteroatoms. The molecule has 0 bridgehead atoms. The molecule has 160 valence electrons. The standard InChI is InChI=1S/C21H30N2O4S2/c1-21(2,3)20(19-5-4-16-28-19)22-10-13-27-17-6-8-18(9-7-17)29(24,25)23-11-14-26-15-12-23/h4-9,16,20,22H,10-15H2,1-3H3. The van der Waals surface area contributed by atoms with Crippen LogP contribution in [-0.4, -0.2) is 52.2 Å². The smallest absolute Gasteiger partial charge is 0.243 e. The Labute approximate surface area is 177 Å². The summed E-state index contributed by atoms with van der Waals surface area (Å²) in [6.07, 6.45) is 0. The summed E-state index contributed by atoms with van der Waals surface area (Å²) < 4.78 is 37.8. The average molecular weight is 439 g/mol. The van der Waals surface area contributed by atoms with E-state index in [1.54, 1.807) is 35.6 Å². The van der Waals surface area contributed by atoms with Gasteiger partial charge in [0.25, 0.3) is 0 Å². The first-order valence-corrected chi connectivity index (χ1v) is 12.2. The van der Waals surface area contributed by atoms with E-state index >= 15 is 0 Å². The molecule has 2 heterocycles. The van der Waals surface area contributed by atoms with Gasteiger partial charge in [0.15, 0.2) is 0 Å². The van der Waals surface area contributed by atoms with E-state index in [1.807, 2.05) is 0 Å². The Hall–Kier alpha value is -1.45. The minimum atomic E-state index is -3.47. The van der Waals surface area contributed by atoms with Crippen LogP contribution in [0.4, 0.5) is 0 Å². The zero-order chi connectivity index (χ0) is 20.9. The van der Waals surface area contributed by atoms with Gasteiger partial charge in [0.05, 0.1) is 18.1 Å². The molecule has 1 fully saturated rings. The number of ether oxygens (including phenoxy) is 2. The number of morpholine rings is 1. The molecule has 2 aromatic rings. The van der Waals surface area contributed by atoms with Crippen LogP contribution in [0.3, 0.4) is 0 Å². The number of nitrogens with one attached hydrogen (secondary N) is 1. The van der Waals surface area contributed by atoms with E-state index in [0.717, 1.165) is 0 Å². The van der Waals surface area contributed by atoms with E-state index < -0.39 is 10.0 Å². The molecule has 0 saturated carbocycles. The third-order valence-corrected chi connectivity index (χ3v) is 7.69. The quantitative estimate of drug-likeness (QED) is 0.639. The third-order valence-electron chi connectivity index (χ3n) is 4.84. The monoisotopic (exact) mass is 438 g/mol. The maximum Gasteiger partial charge on any atom is 0.243 e. The summed E-state index contributed by atoms with van der Waals surface area (Å²) >= 11 is 1.76. The molecule has 1 aliphatic rings. The van der Waals surface area contributed by atoms with Gasteiger partial charge in [0, 0.05) is 30.6 Å². The van der Waals surface area contributed by atoms with Crippen LogP contribution in [0, 0.1) is 5.41 Å². The van der Waals surface area contributed by atoms with Crippen LogP contribution in [-0.2, 0) is 14.8 Å². The van der Waals surface area contributed by atoms with Crippen molar-refractivity contribution in [2.45, 2.75) is 31.7 Å². The highest BCUT2D eigenvalue weighted by atomic mass is 32.2. The van der Waals surface area contributed by atoms with Crippen LogP contribution >= 0.6 is 11.3 Å². The minimum Gasteiger partial charge on any atom is -0.492 e. The molecule has 0 aliphatic carbocycles. The molecule has 1 aromatic heterocycles. The number of rotatable bonds is 8. The van der Waals surface area contributed by atoms with Gasteiger partial charge in [0.1, 0.15) is 12.4 Å². The molecule has 1 saturated heterocycles. The van der Waals surface area contributed by atoms with Gasteiger partial charge in [-0.2, -0.15) is 4.31 Å². The fourth-order valence-electron chi connectivity index (χ4n) is 3.31. The lowest BCUT2D eigenvalue weighted by atomic mass is 9.86. The summed E-state index contributed by atoms with van der Waals surface area (Å²) in [7, 11) is -3.47. The lowest BCUT2D eigenvalue weighted by molar-refractivity contribution is 0.0730. The zero-order valence-corrected chi connectivity index (χ0v) is 18.9. The summed E-state index contributed by atoms with van der Waals surface area (Å²) in [6, 6.07) is 11.1. The van der Waals surface area contributed by atoms with Gasteiger partial charge < -0.3 is 14.8 Å². The van der Waals surface area contributed by atoms with Crippen molar-refractivity contribution in [3.63, 3.8) is 0 Å². The van der Waals surface area contributed by atoms with Crippen LogP contribution in [0.25, 0.3) is 0 Å². The predicted octanol–water partition coefficient (Wildman–Crippen LogP) is 3.52. The van der Waals surface area contributed by atoms with Gasteiger partial charge in [-0.15, -0.1) is 11.3 Å². The Morgan fingerprint density at radius 3 is 2.45 bits per heavy atom. The van der Waals surface area contributed by atoms with E-state index in [1.165, 1.54) is 9.18 Å². The molecule has 3 rings (SSSR count). The predicted molar refractivity (Wildman–Crippen MR) is 116 cm³/mol. The highest BCUT2D eigenvalue weighted by molar-refractivity contribution is 7.89. The number of hydrogen-bond acceptors (Lipinski definition) is 6. The second kappa shape index (κ2) is 9.57. The van der Waals surface area contributed by atoms with Crippen molar-refractivity contribution in [3.05, 3.63) is 46.7 Å². The van der Waals surface area contributed by atoms with E-state index in [9.17, 15) is 8.42 Å². The van der Waals surface area contributed by atoms with Crippen LogP contribution in [0.1, 0.15) is 31.7 Å². The summed E-state index contributed by atoms with van der Waals surface area (Å²) in [5.41, 5.74) is 0.0976. The molecule has 1 unspecified atom stereocenters. The van der Waals surface area contributed by atoms with Crippen molar-refractivity contribution in [3.8, 4) is 5.75 Å². The van der Waals surface area contributed by atoms with Crippen LogP contribution in [0.5, 0.6) is 5.75 Å². The maximum absolute atomic E-state index is 12.7. The Kier molecular flexibility index (Phi) is 7.34. The number of sulfonamides is 1. The highest BCUT2D eigenvalue weighted by Crippen LogP contribution is 2.34. The highest BCUT2D eigenvalue weighted by Gasteiger charge is 2.27. The summed E-state index contributed by atoms with van der Waals surface area (Å²) in [5, 5.41) is 5.68. The second-order valence-electron chi connectivity index (χ2n) is 8.10. The molecular weight excluding hydrogens is 408 g/mol. The van der Waals surface area contributed by atoms with Crippen molar-refractivity contribution in [2.75, 3.05) is 39.5 Å². The van der Waals surface area contributed by atoms with E-state index in [4.69, 9.17) is 9.47 Å². The third kappa shape index (κ3) is 5.79. The first kappa shape index (κ1) is 22.2. The summed E-state index contributed by atoms with van der Waals surface area (Å²) in [4.78, 5) is 1.60. The van der Waals surface area contributed by atoms with Gasteiger partial charge in [-0.25, -0.2) is 8.42 Å². The lowest BCUT2D eigenvalue weighted by Gasteiger charge is -2.31. The van der Waals surface area contributed by atoms with Crippen LogP contribution < -0.4 is 10.1 Å². The van der Waals surface area contributed by atoms with Gasteiger partial charge in [0.2, 0.25) is 10.0 Å². The van der Waals surface area contributed by atoms with E-state index in [0.29, 0.717) is 45.2 Å². The van der Waals surface area contributed by atoms with Crippen molar-refractivity contribution in [2.24, 2.45) is 5.41 Å². The normalized spacial score (nSPS) is 17.2. The SMILES string of the molecule is CC(C)(C)C(NCCOc1ccc(S(=O)(=O)N2CCOCC2)cc1)c1cccs1. The molecule has 29 heavy (non-hydrogen) atoms. The van der Waals surface area contributed by atoms with Gasteiger partial charge in [-0.1, -0.05) is 26.8 Å². The fourth-order valence-corrected chi connectivity index (χ4v) is 5.76. The Morgan fingerprint density at radius 2 is 1.86 bits per heavy atom. The first-order valence-electron chi connectivity index (χ1n) is 9.86. The number of hydrogen-bond donors (Lipinski definition) is 1. The largest absolute Gasteiger partial charge is 0.492 e. The van der Waals surface area contributed by atoms with Gasteiger partial charge >= 0.3 is 0 Å². The second-order valence-corrected chi connectivity index (χ2v) is 11.0. The number of nitrogens with zero attached hydrogens (tertiary/aromatic N) is 1. The molecule has 1 aromatic carbocycles. The lowest BCUT2D eigenvalue weighted by Crippen LogP contribution is -2.40. The fraction of sp³-hybridized carbons (Fsp3) is 0.524. The Balaban J connectivity index is 1.52. The minimum absolute atomic E-state index is 0.0976. The molecule has 1 atom stereocenters. The molecule has 0 amide bonds. The Morgan fingerprint density at radius 1 is 1.17 bits per heavy atom. The molecule has 1 aliphatic heterocycles. The van der Waals surface area contributed by atoms with Crippen LogP contribution in [0.2, 0.25) is 0 Å². The maximum atomic E-state index is 12.7. The van der Waals surface area contributed by atoms with Gasteiger partial charge in [-0.05, 0) is 41.1 Å². The van der Waals surface area contributed by atoms with Crippen molar-refractivity contribution in [1.82, 2.24) is 9.62 Å². The van der Waals surface area contributed by atoms with Crippen LogP contribution in [0.15, 0.2) is 46.7 Å². The molecule has 6 nitrogen and oxygen atoms in total. The molecule has 1 N–H and O–H groups in total. The van der Waals surface area contributed by atoms with Crippen molar-refractivity contribution in [1.29, 1.82) is 0 Å². The topological polar surface area (TPSA) is 67.9 Å². The molecular formula is C21H30N2O4S2. The summed E-state index contributed by atoms with van der Waals surface area (Å²) in [6.45, 7) is 9.54. The van der Waals surface area contributed by atoms with E-state index in [-0.39, 0.29) is 16.4 Å². The molecule has 0 radical (unpaired) electrons. The Bertz CT molecular complexity index is 853.